The molecule has 1 aliphatic rings. The van der Waals surface area contributed by atoms with E-state index in [0.29, 0.717) is 25.3 Å². The fraction of sp³-hybridized carbons (Fsp3) is 0.500. The Bertz CT molecular complexity index is 1560. The summed E-state index contributed by atoms with van der Waals surface area (Å²) in [5.41, 5.74) is 2.04. The predicted molar refractivity (Wildman–Crippen MR) is 183 cm³/mol. The minimum absolute atomic E-state index is 0.220. The second kappa shape index (κ2) is 18.4. The van der Waals surface area contributed by atoms with E-state index < -0.39 is 71.3 Å². The number of nitrogens with one attached hydrogen (secondary N) is 3. The number of likely N-dealkylation sites (N-methyl/N-ethyl adjacent to an activating group) is 2. The summed E-state index contributed by atoms with van der Waals surface area (Å²) in [7, 11) is 3.00. The highest BCUT2D eigenvalue weighted by Crippen LogP contribution is 2.29. The van der Waals surface area contributed by atoms with Gasteiger partial charge in [0.25, 0.3) is 11.8 Å². The topological polar surface area (TPSA) is 168 Å². The third-order valence-electron chi connectivity index (χ3n) is 9.59. The molecule has 6 amide bonds. The maximum atomic E-state index is 14.2. The average molecular weight is 715 g/mol. The Labute approximate surface area is 296 Å². The van der Waals surface area contributed by atoms with E-state index in [2.05, 4.69) is 10.6 Å². The van der Waals surface area contributed by atoms with Gasteiger partial charge in [0.15, 0.2) is 0 Å². The van der Waals surface area contributed by atoms with Crippen LogP contribution in [0.25, 0.3) is 0 Å². The summed E-state index contributed by atoms with van der Waals surface area (Å²) >= 11 is 0. The van der Waals surface area contributed by atoms with E-state index in [1.807, 2.05) is 44.2 Å². The van der Waals surface area contributed by atoms with Crippen LogP contribution in [-0.4, -0.2) is 107 Å². The van der Waals surface area contributed by atoms with Crippen molar-refractivity contribution in [2.24, 2.45) is 5.92 Å². The Balaban J connectivity index is 1.79. The van der Waals surface area contributed by atoms with Gasteiger partial charge in [0, 0.05) is 51.7 Å². The number of carbonyl (C=O) groups is 6. The molecule has 0 aliphatic carbocycles. The smallest absolute Gasteiger partial charge is 0.265 e. The SMILES string of the molecule is CCC(C)C(C(=O)NC(CCNC(=O)c1cc(F)cc(F)c1)C(=O)NO)N(C)C(=O)[C@@H]1CCCN1C(=O)C(C(C)c1ccccc1)N(C)C(C)=O. The van der Waals surface area contributed by atoms with Crippen molar-refractivity contribution in [3.63, 3.8) is 0 Å². The van der Waals surface area contributed by atoms with Gasteiger partial charge >= 0.3 is 0 Å². The lowest BCUT2D eigenvalue weighted by atomic mass is 9.91. The van der Waals surface area contributed by atoms with Gasteiger partial charge in [-0.15, -0.1) is 0 Å². The molecule has 3 rings (SSSR count). The highest BCUT2D eigenvalue weighted by molar-refractivity contribution is 5.96. The molecule has 1 fully saturated rings. The van der Waals surface area contributed by atoms with Crippen LogP contribution >= 0.6 is 0 Å². The van der Waals surface area contributed by atoms with Crippen molar-refractivity contribution >= 4 is 35.4 Å². The minimum atomic E-state index is -1.37. The van der Waals surface area contributed by atoms with E-state index in [9.17, 15) is 42.8 Å². The van der Waals surface area contributed by atoms with E-state index in [4.69, 9.17) is 0 Å². The fourth-order valence-electron chi connectivity index (χ4n) is 6.44. The van der Waals surface area contributed by atoms with Gasteiger partial charge in [0.2, 0.25) is 23.6 Å². The molecule has 1 saturated heterocycles. The number of rotatable bonds is 15. The van der Waals surface area contributed by atoms with E-state index in [-0.39, 0.29) is 36.9 Å². The van der Waals surface area contributed by atoms with Crippen LogP contribution in [0.15, 0.2) is 48.5 Å². The number of halogens is 2. The van der Waals surface area contributed by atoms with Crippen LogP contribution in [0.3, 0.4) is 0 Å². The molecule has 0 radical (unpaired) electrons. The second-order valence-electron chi connectivity index (χ2n) is 13.0. The zero-order valence-corrected chi connectivity index (χ0v) is 29.8. The van der Waals surface area contributed by atoms with Crippen molar-refractivity contribution in [1.82, 2.24) is 30.8 Å². The van der Waals surface area contributed by atoms with Crippen LogP contribution in [0.4, 0.5) is 8.78 Å². The Morgan fingerprint density at radius 1 is 0.941 bits per heavy atom. The highest BCUT2D eigenvalue weighted by Gasteiger charge is 2.44. The molecule has 0 saturated carbocycles. The van der Waals surface area contributed by atoms with Crippen molar-refractivity contribution in [2.45, 2.75) is 83.5 Å². The summed E-state index contributed by atoms with van der Waals surface area (Å²) in [4.78, 5) is 83.8. The number of amides is 6. The van der Waals surface area contributed by atoms with Crippen molar-refractivity contribution < 1.29 is 42.8 Å². The van der Waals surface area contributed by atoms with Gasteiger partial charge in [-0.2, -0.15) is 0 Å². The van der Waals surface area contributed by atoms with Crippen LogP contribution in [0.2, 0.25) is 0 Å². The first-order valence-electron chi connectivity index (χ1n) is 17.0. The first kappa shape index (κ1) is 40.5. The van der Waals surface area contributed by atoms with Gasteiger partial charge < -0.3 is 25.3 Å². The number of likely N-dealkylation sites (tertiary alicyclic amines) is 1. The quantitative estimate of drug-likeness (QED) is 0.163. The molecule has 51 heavy (non-hydrogen) atoms. The molecule has 1 aliphatic heterocycles. The van der Waals surface area contributed by atoms with E-state index in [1.165, 1.54) is 34.2 Å². The monoisotopic (exact) mass is 714 g/mol. The van der Waals surface area contributed by atoms with Gasteiger partial charge in [-0.25, -0.2) is 14.3 Å². The number of carbonyl (C=O) groups excluding carboxylic acids is 6. The summed E-state index contributed by atoms with van der Waals surface area (Å²) in [5.74, 6) is -6.43. The van der Waals surface area contributed by atoms with Crippen LogP contribution in [0.1, 0.15) is 75.2 Å². The molecule has 1 heterocycles. The molecule has 2 aromatic carbocycles. The lowest BCUT2D eigenvalue weighted by Gasteiger charge is -2.38. The summed E-state index contributed by atoms with van der Waals surface area (Å²) in [6, 6.07) is 7.31. The van der Waals surface area contributed by atoms with E-state index >= 15 is 0 Å². The number of hydroxylamine groups is 1. The van der Waals surface area contributed by atoms with Gasteiger partial charge in [-0.3, -0.25) is 34.0 Å². The van der Waals surface area contributed by atoms with Crippen molar-refractivity contribution in [2.75, 3.05) is 27.2 Å². The van der Waals surface area contributed by atoms with Gasteiger partial charge in [0.1, 0.15) is 35.8 Å². The van der Waals surface area contributed by atoms with E-state index in [1.54, 1.807) is 14.0 Å². The third-order valence-corrected chi connectivity index (χ3v) is 9.59. The molecule has 2 aromatic rings. The van der Waals surface area contributed by atoms with E-state index in [0.717, 1.165) is 17.7 Å². The van der Waals surface area contributed by atoms with Gasteiger partial charge in [-0.05, 0) is 42.9 Å². The number of hydrogen-bond acceptors (Lipinski definition) is 7. The Kier molecular flexibility index (Phi) is 14.6. The normalized spacial score (nSPS) is 17.0. The summed E-state index contributed by atoms with van der Waals surface area (Å²) in [5, 5.41) is 14.3. The van der Waals surface area contributed by atoms with Crippen molar-refractivity contribution in [1.29, 1.82) is 0 Å². The third kappa shape index (κ3) is 10.1. The summed E-state index contributed by atoms with van der Waals surface area (Å²) in [6.45, 7) is 6.85. The fourth-order valence-corrected chi connectivity index (χ4v) is 6.44. The summed E-state index contributed by atoms with van der Waals surface area (Å²) in [6.07, 6.45) is 1.10. The number of nitrogens with zero attached hydrogens (tertiary/aromatic N) is 3. The first-order chi connectivity index (χ1) is 24.1. The molecule has 6 atom stereocenters. The van der Waals surface area contributed by atoms with Crippen molar-refractivity contribution in [3.8, 4) is 0 Å². The molecule has 4 N–H and O–H groups in total. The Morgan fingerprint density at radius 2 is 1.57 bits per heavy atom. The molecule has 278 valence electrons. The van der Waals surface area contributed by atoms with Crippen LogP contribution < -0.4 is 16.1 Å². The lowest BCUT2D eigenvalue weighted by Crippen LogP contribution is -2.60. The van der Waals surface area contributed by atoms with Crippen LogP contribution in [-0.2, 0) is 24.0 Å². The molecule has 5 unspecified atom stereocenters. The zero-order valence-electron chi connectivity index (χ0n) is 29.8. The average Bonchev–Trinajstić information content (AvgIpc) is 3.60. The standard InChI is InChI=1S/C36H48F2N6O7/c1-7-21(2)30(34(48)40-28(33(47)41-51)15-16-39-32(46)25-18-26(37)20-27(38)19-25)43(6)35(49)29-14-11-17-44(29)36(50)31(42(5)23(4)45)22(3)24-12-9-8-10-13-24/h8-10,12-13,18-22,28-31,51H,7,11,14-17H2,1-6H3,(H,39,46)(H,40,48)(H,41,47)/t21?,22?,28?,29-,30?,31?/m0/s1. The second-order valence-corrected chi connectivity index (χ2v) is 13.0. The molecule has 0 bridgehead atoms. The van der Waals surface area contributed by atoms with Crippen molar-refractivity contribution in [3.05, 3.63) is 71.3 Å². The maximum Gasteiger partial charge on any atom is 0.265 e. The van der Waals surface area contributed by atoms with Crippen LogP contribution in [0.5, 0.6) is 0 Å². The Morgan fingerprint density at radius 3 is 2.14 bits per heavy atom. The molecule has 0 spiro atoms. The molecule has 13 nitrogen and oxygen atoms in total. The zero-order chi connectivity index (χ0) is 38.0. The van der Waals surface area contributed by atoms with Gasteiger partial charge in [0.05, 0.1) is 0 Å². The molecular formula is C36H48F2N6O7. The van der Waals surface area contributed by atoms with Gasteiger partial charge in [-0.1, -0.05) is 57.5 Å². The minimum Gasteiger partial charge on any atom is -0.352 e. The predicted octanol–water partition coefficient (Wildman–Crippen LogP) is 2.59. The number of hydrogen-bond donors (Lipinski definition) is 4. The molecule has 15 heteroatoms. The molecule has 0 aromatic heterocycles. The maximum absolute atomic E-state index is 14.2. The van der Waals surface area contributed by atoms with Crippen LogP contribution in [0, 0.1) is 17.6 Å². The lowest BCUT2D eigenvalue weighted by molar-refractivity contribution is -0.152. The Hall–Kier alpha value is -4.92. The highest BCUT2D eigenvalue weighted by atomic mass is 19.1. The number of benzene rings is 2. The largest absolute Gasteiger partial charge is 0.352 e. The summed E-state index contributed by atoms with van der Waals surface area (Å²) < 4.78 is 27.1. The molecular weight excluding hydrogens is 666 g/mol. The first-order valence-corrected chi connectivity index (χ1v) is 17.0.